The van der Waals surface area contributed by atoms with Gasteiger partial charge in [0, 0.05) is 31.7 Å². The Hall–Kier alpha value is -0.680. The Balaban J connectivity index is 3.20. The number of thiazole rings is 1. The van der Waals surface area contributed by atoms with E-state index >= 15 is 0 Å². The van der Waals surface area contributed by atoms with Gasteiger partial charge in [0.25, 0.3) is 0 Å². The molecule has 0 bridgehead atoms. The molecule has 5 heteroatoms. The second-order valence-electron chi connectivity index (χ2n) is 3.37. The van der Waals surface area contributed by atoms with Crippen LogP contribution in [0.4, 0.5) is 0 Å². The van der Waals surface area contributed by atoms with Gasteiger partial charge >= 0.3 is 0 Å². The summed E-state index contributed by atoms with van der Waals surface area (Å²) in [5.41, 5.74) is 1.25. The van der Waals surface area contributed by atoms with Crippen molar-refractivity contribution in [3.63, 3.8) is 0 Å². The van der Waals surface area contributed by atoms with Crippen molar-refractivity contribution in [1.82, 2.24) is 9.47 Å². The summed E-state index contributed by atoms with van der Waals surface area (Å²) in [6.07, 6.45) is 0. The van der Waals surface area contributed by atoms with E-state index < -0.39 is 0 Å². The zero-order chi connectivity index (χ0) is 10.9. The number of nitrogens with zero attached hydrogens (tertiary/aromatic N) is 3. The molecular formula is C9H15N3S2. The fourth-order valence-electron chi connectivity index (χ4n) is 0.939. The molecule has 0 unspecified atom stereocenters. The van der Waals surface area contributed by atoms with Crippen LogP contribution in [0.5, 0.6) is 0 Å². The summed E-state index contributed by atoms with van der Waals surface area (Å²) in [5, 5.41) is 0.613. The molecular weight excluding hydrogens is 214 g/mol. The van der Waals surface area contributed by atoms with Gasteiger partial charge in [-0.25, -0.2) is 0 Å². The lowest BCUT2D eigenvalue weighted by atomic mass is 10.4. The SMILES string of the molecule is Cc1s/c(=N/C(=S)N(C)C)n(C)c1C. The first-order valence-corrected chi connectivity index (χ1v) is 5.55. The normalized spacial score (nSPS) is 11.9. The summed E-state index contributed by atoms with van der Waals surface area (Å²) in [6, 6.07) is 0. The van der Waals surface area contributed by atoms with Crippen LogP contribution in [0, 0.1) is 13.8 Å². The highest BCUT2D eigenvalue weighted by molar-refractivity contribution is 7.80. The van der Waals surface area contributed by atoms with Gasteiger partial charge in [-0.1, -0.05) is 0 Å². The lowest BCUT2D eigenvalue weighted by Crippen LogP contribution is -2.22. The van der Waals surface area contributed by atoms with E-state index in [9.17, 15) is 0 Å². The molecule has 0 aromatic carbocycles. The summed E-state index contributed by atoms with van der Waals surface area (Å²) in [7, 11) is 5.81. The van der Waals surface area contributed by atoms with E-state index in [2.05, 4.69) is 23.4 Å². The molecule has 1 heterocycles. The van der Waals surface area contributed by atoms with Gasteiger partial charge in [-0.15, -0.1) is 11.3 Å². The second-order valence-corrected chi connectivity index (χ2v) is 4.92. The monoisotopic (exact) mass is 229 g/mol. The second kappa shape index (κ2) is 4.23. The highest BCUT2D eigenvalue weighted by Crippen LogP contribution is 2.07. The van der Waals surface area contributed by atoms with Gasteiger partial charge in [0.2, 0.25) is 0 Å². The average molecular weight is 229 g/mol. The molecule has 0 fully saturated rings. The summed E-state index contributed by atoms with van der Waals surface area (Å²) in [6.45, 7) is 4.18. The first kappa shape index (κ1) is 11.4. The molecule has 0 aliphatic rings. The molecule has 1 rings (SSSR count). The predicted octanol–water partition coefficient (Wildman–Crippen LogP) is 1.45. The number of rotatable bonds is 0. The first-order chi connectivity index (χ1) is 6.43. The molecule has 0 amide bonds. The van der Waals surface area contributed by atoms with E-state index in [1.165, 1.54) is 10.6 Å². The fraction of sp³-hybridized carbons (Fsp3) is 0.556. The van der Waals surface area contributed by atoms with Crippen molar-refractivity contribution in [3.05, 3.63) is 15.4 Å². The minimum atomic E-state index is 0.613. The van der Waals surface area contributed by atoms with Crippen molar-refractivity contribution in [3.8, 4) is 0 Å². The van der Waals surface area contributed by atoms with Crippen molar-refractivity contribution in [2.75, 3.05) is 14.1 Å². The predicted molar refractivity (Wildman–Crippen MR) is 64.6 cm³/mol. The maximum atomic E-state index is 5.12. The molecule has 0 saturated heterocycles. The summed E-state index contributed by atoms with van der Waals surface area (Å²) in [5.74, 6) is 0. The van der Waals surface area contributed by atoms with Crippen molar-refractivity contribution in [1.29, 1.82) is 0 Å². The van der Waals surface area contributed by atoms with Crippen LogP contribution in [0.2, 0.25) is 0 Å². The molecule has 0 saturated carbocycles. The van der Waals surface area contributed by atoms with Gasteiger partial charge in [-0.05, 0) is 26.1 Å². The van der Waals surface area contributed by atoms with Gasteiger partial charge in [0.1, 0.15) is 0 Å². The molecule has 0 aliphatic carbocycles. The smallest absolute Gasteiger partial charge is 0.197 e. The Morgan fingerprint density at radius 2 is 2.00 bits per heavy atom. The lowest BCUT2D eigenvalue weighted by molar-refractivity contribution is 0.625. The van der Waals surface area contributed by atoms with Crippen LogP contribution in [0.1, 0.15) is 10.6 Å². The van der Waals surface area contributed by atoms with Crippen LogP contribution < -0.4 is 4.80 Å². The highest BCUT2D eigenvalue weighted by atomic mass is 32.1. The van der Waals surface area contributed by atoms with Crippen LogP contribution >= 0.6 is 23.6 Å². The topological polar surface area (TPSA) is 20.5 Å². The molecule has 1 aromatic rings. The Labute approximate surface area is 93.7 Å². The molecule has 14 heavy (non-hydrogen) atoms. The van der Waals surface area contributed by atoms with Gasteiger partial charge in [0.15, 0.2) is 9.91 Å². The third kappa shape index (κ3) is 2.22. The van der Waals surface area contributed by atoms with E-state index in [1.807, 2.05) is 26.0 Å². The third-order valence-electron chi connectivity index (χ3n) is 2.12. The molecule has 1 aromatic heterocycles. The lowest BCUT2D eigenvalue weighted by Gasteiger charge is -2.07. The highest BCUT2D eigenvalue weighted by Gasteiger charge is 2.03. The zero-order valence-corrected chi connectivity index (χ0v) is 10.8. The Morgan fingerprint density at radius 3 is 2.36 bits per heavy atom. The largest absolute Gasteiger partial charge is 0.353 e. The van der Waals surface area contributed by atoms with Crippen LogP contribution in [0.15, 0.2) is 4.99 Å². The maximum Gasteiger partial charge on any atom is 0.197 e. The number of aryl methyl sites for hydroxylation is 1. The Kier molecular flexibility index (Phi) is 3.44. The van der Waals surface area contributed by atoms with Gasteiger partial charge in [-0.3, -0.25) is 0 Å². The van der Waals surface area contributed by atoms with Gasteiger partial charge in [-0.2, -0.15) is 4.99 Å². The summed E-state index contributed by atoms with van der Waals surface area (Å²) >= 11 is 6.79. The number of hydrogen-bond donors (Lipinski definition) is 0. The van der Waals surface area contributed by atoms with Crippen molar-refractivity contribution < 1.29 is 0 Å². The van der Waals surface area contributed by atoms with Crippen LogP contribution in [-0.4, -0.2) is 28.7 Å². The van der Waals surface area contributed by atoms with E-state index in [4.69, 9.17) is 12.2 Å². The van der Waals surface area contributed by atoms with Crippen LogP contribution in [0.3, 0.4) is 0 Å². The molecule has 0 atom stereocenters. The van der Waals surface area contributed by atoms with Crippen LogP contribution in [0.25, 0.3) is 0 Å². The molecule has 78 valence electrons. The molecule has 0 N–H and O–H groups in total. The first-order valence-electron chi connectivity index (χ1n) is 4.32. The zero-order valence-electron chi connectivity index (χ0n) is 9.16. The number of aromatic nitrogens is 1. The van der Waals surface area contributed by atoms with Crippen molar-refractivity contribution in [2.24, 2.45) is 12.0 Å². The van der Waals surface area contributed by atoms with E-state index in [-0.39, 0.29) is 0 Å². The minimum absolute atomic E-state index is 0.613. The Morgan fingerprint density at radius 1 is 1.43 bits per heavy atom. The maximum absolute atomic E-state index is 5.12. The van der Waals surface area contributed by atoms with E-state index in [1.54, 1.807) is 11.3 Å². The molecule has 0 radical (unpaired) electrons. The fourth-order valence-corrected chi connectivity index (χ4v) is 2.05. The standard InChI is InChI=1S/C9H15N3S2/c1-6-7(2)14-9(12(6)5)10-8(13)11(3)4/h1-5H3/b10-9+. The minimum Gasteiger partial charge on any atom is -0.353 e. The molecule has 3 nitrogen and oxygen atoms in total. The average Bonchev–Trinajstić information content (AvgIpc) is 2.33. The third-order valence-corrected chi connectivity index (χ3v) is 3.72. The number of thiocarbonyl (C=S) groups is 1. The Bertz CT molecular complexity index is 412. The molecule has 0 aliphatic heterocycles. The van der Waals surface area contributed by atoms with Crippen LogP contribution in [-0.2, 0) is 7.05 Å². The summed E-state index contributed by atoms with van der Waals surface area (Å²) in [4.78, 5) is 8.45. The van der Waals surface area contributed by atoms with Gasteiger partial charge < -0.3 is 9.47 Å². The number of hydrogen-bond acceptors (Lipinski definition) is 2. The summed E-state index contributed by atoms with van der Waals surface area (Å²) < 4.78 is 2.07. The van der Waals surface area contributed by atoms with Crippen molar-refractivity contribution in [2.45, 2.75) is 13.8 Å². The van der Waals surface area contributed by atoms with Gasteiger partial charge in [0.05, 0.1) is 0 Å². The quantitative estimate of drug-likeness (QED) is 0.628. The van der Waals surface area contributed by atoms with Crippen molar-refractivity contribution >= 4 is 28.7 Å². The van der Waals surface area contributed by atoms with E-state index in [0.717, 1.165) is 4.80 Å². The van der Waals surface area contributed by atoms with E-state index in [0.29, 0.717) is 5.11 Å². The molecule has 0 spiro atoms.